The van der Waals surface area contributed by atoms with Crippen LogP contribution in [0.4, 0.5) is 4.39 Å². The van der Waals surface area contributed by atoms with Crippen molar-refractivity contribution in [3.63, 3.8) is 0 Å². The molecular weight excluding hydrogens is 253 g/mol. The fourth-order valence-corrected chi connectivity index (χ4v) is 1.54. The second kappa shape index (κ2) is 6.72. The molecule has 5 nitrogen and oxygen atoms in total. The fraction of sp³-hybridized carbons (Fsp3) is 0.385. The Balaban J connectivity index is 2.69. The zero-order chi connectivity index (χ0) is 14.4. The molecule has 1 aromatic rings. The van der Waals surface area contributed by atoms with Crippen molar-refractivity contribution in [3.05, 3.63) is 29.6 Å². The van der Waals surface area contributed by atoms with Gasteiger partial charge in [-0.05, 0) is 24.6 Å². The van der Waals surface area contributed by atoms with E-state index in [9.17, 15) is 14.0 Å². The highest BCUT2D eigenvalue weighted by Gasteiger charge is 2.14. The van der Waals surface area contributed by atoms with E-state index in [1.807, 2.05) is 0 Å². The van der Waals surface area contributed by atoms with Gasteiger partial charge in [0.05, 0.1) is 6.61 Å². The highest BCUT2D eigenvalue weighted by atomic mass is 19.1. The van der Waals surface area contributed by atoms with Gasteiger partial charge in [0, 0.05) is 13.6 Å². The molecule has 0 atom stereocenters. The highest BCUT2D eigenvalue weighted by Crippen LogP contribution is 2.19. The maximum absolute atomic E-state index is 13.6. The predicted molar refractivity (Wildman–Crippen MR) is 66.3 cm³/mol. The zero-order valence-electron chi connectivity index (χ0n) is 10.9. The summed E-state index contributed by atoms with van der Waals surface area (Å²) in [6.45, 7) is 2.27. The second-order valence-electron chi connectivity index (χ2n) is 4.02. The third kappa shape index (κ3) is 4.57. The SMILES string of the molecule is CCOc1ccc(CN(C)C(=O)CC(=O)O)cc1F. The van der Waals surface area contributed by atoms with Crippen LogP contribution in [0.15, 0.2) is 18.2 Å². The van der Waals surface area contributed by atoms with Crippen molar-refractivity contribution in [1.82, 2.24) is 4.90 Å². The van der Waals surface area contributed by atoms with Gasteiger partial charge in [0.1, 0.15) is 6.42 Å². The van der Waals surface area contributed by atoms with Crippen LogP contribution in [-0.4, -0.2) is 35.5 Å². The molecule has 1 N–H and O–H groups in total. The number of benzene rings is 1. The summed E-state index contributed by atoms with van der Waals surface area (Å²) < 4.78 is 18.6. The van der Waals surface area contributed by atoms with Crippen molar-refractivity contribution >= 4 is 11.9 Å². The van der Waals surface area contributed by atoms with Crippen molar-refractivity contribution in [2.75, 3.05) is 13.7 Å². The molecule has 1 amide bonds. The van der Waals surface area contributed by atoms with Gasteiger partial charge >= 0.3 is 5.97 Å². The first-order valence-electron chi connectivity index (χ1n) is 5.81. The van der Waals surface area contributed by atoms with E-state index in [0.717, 1.165) is 0 Å². The summed E-state index contributed by atoms with van der Waals surface area (Å²) in [5.41, 5.74) is 0.571. The Bertz CT molecular complexity index is 476. The lowest BCUT2D eigenvalue weighted by Crippen LogP contribution is -2.28. The summed E-state index contributed by atoms with van der Waals surface area (Å²) >= 11 is 0. The van der Waals surface area contributed by atoms with E-state index in [1.54, 1.807) is 13.0 Å². The smallest absolute Gasteiger partial charge is 0.312 e. The van der Waals surface area contributed by atoms with Crippen molar-refractivity contribution in [3.8, 4) is 5.75 Å². The van der Waals surface area contributed by atoms with Crippen molar-refractivity contribution in [2.45, 2.75) is 19.9 Å². The van der Waals surface area contributed by atoms with Crippen LogP contribution in [0.25, 0.3) is 0 Å². The van der Waals surface area contributed by atoms with Crippen LogP contribution >= 0.6 is 0 Å². The van der Waals surface area contributed by atoms with Crippen LogP contribution in [0.3, 0.4) is 0 Å². The first kappa shape index (κ1) is 14.9. The maximum atomic E-state index is 13.6. The van der Waals surface area contributed by atoms with E-state index in [4.69, 9.17) is 9.84 Å². The number of aliphatic carboxylic acids is 1. The number of amides is 1. The molecule has 104 valence electrons. The molecule has 0 saturated heterocycles. The van der Waals surface area contributed by atoms with Gasteiger partial charge in [-0.1, -0.05) is 6.07 Å². The van der Waals surface area contributed by atoms with Gasteiger partial charge in [0.25, 0.3) is 0 Å². The van der Waals surface area contributed by atoms with Gasteiger partial charge in [-0.15, -0.1) is 0 Å². The summed E-state index contributed by atoms with van der Waals surface area (Å²) in [5, 5.41) is 8.51. The lowest BCUT2D eigenvalue weighted by molar-refractivity contribution is -0.143. The van der Waals surface area contributed by atoms with Crippen LogP contribution in [0.1, 0.15) is 18.9 Å². The third-order valence-corrected chi connectivity index (χ3v) is 2.44. The number of carbonyl (C=O) groups excluding carboxylic acids is 1. The Morgan fingerprint density at radius 3 is 2.63 bits per heavy atom. The normalized spacial score (nSPS) is 10.1. The van der Waals surface area contributed by atoms with Gasteiger partial charge in [-0.25, -0.2) is 4.39 Å². The highest BCUT2D eigenvalue weighted by molar-refractivity contribution is 5.93. The molecule has 0 radical (unpaired) electrons. The molecule has 6 heteroatoms. The first-order chi connectivity index (χ1) is 8.93. The molecule has 0 aliphatic heterocycles. The van der Waals surface area contributed by atoms with Gasteiger partial charge < -0.3 is 14.7 Å². The van der Waals surface area contributed by atoms with Gasteiger partial charge in [-0.2, -0.15) is 0 Å². The van der Waals surface area contributed by atoms with E-state index in [0.29, 0.717) is 12.2 Å². The van der Waals surface area contributed by atoms with Crippen molar-refractivity contribution in [1.29, 1.82) is 0 Å². The minimum Gasteiger partial charge on any atom is -0.491 e. The number of nitrogens with zero attached hydrogens (tertiary/aromatic N) is 1. The summed E-state index contributed by atoms with van der Waals surface area (Å²) in [5.74, 6) is -2.05. The molecule has 0 aliphatic carbocycles. The summed E-state index contributed by atoms with van der Waals surface area (Å²) in [6.07, 6.45) is -0.573. The lowest BCUT2D eigenvalue weighted by Gasteiger charge is -2.16. The summed E-state index contributed by atoms with van der Waals surface area (Å²) in [6, 6.07) is 4.40. The minimum absolute atomic E-state index is 0.148. The molecular formula is C13H16FNO4. The molecule has 0 aromatic heterocycles. The number of rotatable bonds is 6. The number of carbonyl (C=O) groups is 2. The molecule has 0 bridgehead atoms. The topological polar surface area (TPSA) is 66.8 Å². The molecule has 0 saturated carbocycles. The fourth-order valence-electron chi connectivity index (χ4n) is 1.54. The van der Waals surface area contributed by atoms with Crippen LogP contribution in [-0.2, 0) is 16.1 Å². The van der Waals surface area contributed by atoms with E-state index < -0.39 is 24.1 Å². The zero-order valence-corrected chi connectivity index (χ0v) is 10.9. The predicted octanol–water partition coefficient (Wildman–Crippen LogP) is 1.66. The molecule has 0 fully saturated rings. The number of halogens is 1. The molecule has 19 heavy (non-hydrogen) atoms. The Labute approximate surface area is 110 Å². The van der Waals surface area contributed by atoms with E-state index >= 15 is 0 Å². The summed E-state index contributed by atoms with van der Waals surface area (Å²) in [7, 11) is 1.47. The number of carboxylic acid groups (broad SMARTS) is 1. The third-order valence-electron chi connectivity index (χ3n) is 2.44. The molecule has 1 aromatic carbocycles. The largest absolute Gasteiger partial charge is 0.491 e. The van der Waals surface area contributed by atoms with Crippen LogP contribution in [0.2, 0.25) is 0 Å². The standard InChI is InChI=1S/C13H16FNO4/c1-3-19-11-5-4-9(6-10(11)14)8-15(2)12(16)7-13(17)18/h4-6H,3,7-8H2,1-2H3,(H,17,18). The number of hydrogen-bond donors (Lipinski definition) is 1. The monoisotopic (exact) mass is 269 g/mol. The van der Waals surface area contributed by atoms with E-state index in [2.05, 4.69) is 0 Å². The Morgan fingerprint density at radius 1 is 1.42 bits per heavy atom. The van der Waals surface area contributed by atoms with Crippen LogP contribution < -0.4 is 4.74 Å². The van der Waals surface area contributed by atoms with Crippen molar-refractivity contribution < 1.29 is 23.8 Å². The Hall–Kier alpha value is -2.11. The van der Waals surface area contributed by atoms with E-state index in [-0.39, 0.29) is 12.3 Å². The molecule has 0 unspecified atom stereocenters. The quantitative estimate of drug-likeness (QED) is 0.797. The van der Waals surface area contributed by atoms with Crippen LogP contribution in [0, 0.1) is 5.82 Å². The number of ether oxygens (including phenoxy) is 1. The molecule has 0 heterocycles. The molecule has 1 rings (SSSR count). The van der Waals surface area contributed by atoms with Crippen molar-refractivity contribution in [2.24, 2.45) is 0 Å². The molecule has 0 aliphatic rings. The van der Waals surface area contributed by atoms with Crippen LogP contribution in [0.5, 0.6) is 5.75 Å². The van der Waals surface area contributed by atoms with Gasteiger partial charge in [0.2, 0.25) is 5.91 Å². The maximum Gasteiger partial charge on any atom is 0.312 e. The van der Waals surface area contributed by atoms with Gasteiger partial charge in [-0.3, -0.25) is 9.59 Å². The Morgan fingerprint density at radius 2 is 2.11 bits per heavy atom. The average Bonchev–Trinajstić information content (AvgIpc) is 2.32. The lowest BCUT2D eigenvalue weighted by atomic mass is 10.2. The molecule has 0 spiro atoms. The Kier molecular flexibility index (Phi) is 5.29. The second-order valence-corrected chi connectivity index (χ2v) is 4.02. The number of carboxylic acids is 1. The van der Waals surface area contributed by atoms with E-state index in [1.165, 1.54) is 24.1 Å². The minimum atomic E-state index is -1.19. The first-order valence-corrected chi connectivity index (χ1v) is 5.81. The number of hydrogen-bond acceptors (Lipinski definition) is 3. The average molecular weight is 269 g/mol. The van der Waals surface area contributed by atoms with Gasteiger partial charge in [0.15, 0.2) is 11.6 Å². The summed E-state index contributed by atoms with van der Waals surface area (Å²) in [4.78, 5) is 23.1.